The highest BCUT2D eigenvalue weighted by molar-refractivity contribution is 6.06. The summed E-state index contributed by atoms with van der Waals surface area (Å²) in [5.74, 6) is 0.0511. The zero-order valence-electron chi connectivity index (χ0n) is 13.1. The number of nitrogens with zero attached hydrogens (tertiary/aromatic N) is 3. The zero-order chi connectivity index (χ0) is 16.3. The molecule has 0 N–H and O–H groups in total. The van der Waals surface area contributed by atoms with E-state index in [4.69, 9.17) is 4.74 Å². The maximum Gasteiger partial charge on any atom is 0.255 e. The molecule has 3 aliphatic rings. The van der Waals surface area contributed by atoms with Crippen molar-refractivity contribution in [1.29, 1.82) is 0 Å². The van der Waals surface area contributed by atoms with Crippen molar-refractivity contribution in [2.75, 3.05) is 19.7 Å². The Balaban J connectivity index is 1.55. The summed E-state index contributed by atoms with van der Waals surface area (Å²) in [6, 6.07) is 9.21. The van der Waals surface area contributed by atoms with Crippen molar-refractivity contribution in [1.82, 2.24) is 14.8 Å². The molecule has 2 amide bonds. The Labute approximate surface area is 139 Å². The monoisotopic (exact) mass is 323 g/mol. The molecule has 5 rings (SSSR count). The van der Waals surface area contributed by atoms with Gasteiger partial charge in [0.1, 0.15) is 0 Å². The molecule has 0 unspecified atom stereocenters. The number of para-hydroxylation sites is 1. The normalized spacial score (nSPS) is 28.5. The molecule has 4 heterocycles. The molecule has 3 saturated heterocycles. The molecule has 6 nitrogen and oxygen atoms in total. The van der Waals surface area contributed by atoms with Gasteiger partial charge in [0.15, 0.2) is 5.72 Å². The molecule has 6 heteroatoms. The highest BCUT2D eigenvalue weighted by Gasteiger charge is 2.62. The third-order valence-electron chi connectivity index (χ3n) is 5.54. The molecule has 3 aliphatic heterocycles. The molecule has 0 saturated carbocycles. The van der Waals surface area contributed by atoms with E-state index in [9.17, 15) is 9.59 Å². The Morgan fingerprint density at radius 3 is 3.04 bits per heavy atom. The van der Waals surface area contributed by atoms with E-state index in [-0.39, 0.29) is 17.9 Å². The molecular weight excluding hydrogens is 306 g/mol. The third-order valence-corrected chi connectivity index (χ3v) is 5.54. The number of pyridine rings is 1. The van der Waals surface area contributed by atoms with Crippen LogP contribution in [0, 0.1) is 0 Å². The van der Waals surface area contributed by atoms with Crippen molar-refractivity contribution >= 4 is 22.7 Å². The van der Waals surface area contributed by atoms with Gasteiger partial charge in [-0.25, -0.2) is 0 Å². The van der Waals surface area contributed by atoms with E-state index in [1.54, 1.807) is 12.3 Å². The maximum atomic E-state index is 13.2. The van der Waals surface area contributed by atoms with E-state index in [2.05, 4.69) is 4.98 Å². The van der Waals surface area contributed by atoms with Crippen LogP contribution in [0.1, 0.15) is 23.2 Å². The summed E-state index contributed by atoms with van der Waals surface area (Å²) in [6.45, 7) is 1.81. The van der Waals surface area contributed by atoms with Crippen LogP contribution in [0.5, 0.6) is 0 Å². The Hall–Kier alpha value is -2.47. The second-order valence-electron chi connectivity index (χ2n) is 6.58. The molecule has 24 heavy (non-hydrogen) atoms. The first-order valence-corrected chi connectivity index (χ1v) is 8.30. The fraction of sp³-hybridized carbons (Fsp3) is 0.389. The third kappa shape index (κ3) is 1.66. The van der Waals surface area contributed by atoms with Crippen LogP contribution < -0.4 is 0 Å². The number of rotatable bonds is 1. The standard InChI is InChI=1S/C18H17N3O3/c22-16-11-15-18(21(16)9-10-24-18)6-8-20(15)17(23)13-5-7-19-14-4-2-1-3-12(13)14/h1-5,7,15H,6,8-11H2/t15-,18+/m1/s1. The van der Waals surface area contributed by atoms with Gasteiger partial charge in [-0.2, -0.15) is 0 Å². The van der Waals surface area contributed by atoms with Gasteiger partial charge in [-0.3, -0.25) is 14.6 Å². The second-order valence-corrected chi connectivity index (χ2v) is 6.58. The summed E-state index contributed by atoms with van der Waals surface area (Å²) in [5, 5.41) is 0.847. The van der Waals surface area contributed by atoms with Gasteiger partial charge in [0.05, 0.1) is 30.1 Å². The maximum absolute atomic E-state index is 13.2. The minimum atomic E-state index is -0.588. The minimum absolute atomic E-state index is 0.0411. The number of likely N-dealkylation sites (tertiary alicyclic amines) is 1. The molecular formula is C18H17N3O3. The van der Waals surface area contributed by atoms with Gasteiger partial charge in [0.2, 0.25) is 5.91 Å². The smallest absolute Gasteiger partial charge is 0.255 e. The highest BCUT2D eigenvalue weighted by atomic mass is 16.5. The Morgan fingerprint density at radius 1 is 1.25 bits per heavy atom. The van der Waals surface area contributed by atoms with Crippen LogP contribution in [0.25, 0.3) is 10.9 Å². The average molecular weight is 323 g/mol. The summed E-state index contributed by atoms with van der Waals surface area (Å²) >= 11 is 0. The van der Waals surface area contributed by atoms with Crippen molar-refractivity contribution in [3.63, 3.8) is 0 Å². The number of carbonyl (C=O) groups excluding carboxylic acids is 2. The fourth-order valence-electron chi connectivity index (χ4n) is 4.47. The Bertz CT molecular complexity index is 862. The number of hydrogen-bond donors (Lipinski definition) is 0. The number of hydrogen-bond acceptors (Lipinski definition) is 4. The summed E-state index contributed by atoms with van der Waals surface area (Å²) < 4.78 is 5.96. The molecule has 2 atom stereocenters. The molecule has 0 radical (unpaired) electrons. The molecule has 1 aromatic carbocycles. The van der Waals surface area contributed by atoms with Gasteiger partial charge in [0.25, 0.3) is 5.91 Å². The number of carbonyl (C=O) groups is 2. The number of fused-ring (bicyclic) bond motifs is 1. The Kier molecular flexibility index (Phi) is 2.77. The SMILES string of the molecule is O=C(c1ccnc2ccccc12)N1CC[C@@]23OCCN2C(=O)C[C@@H]13. The quantitative estimate of drug-likeness (QED) is 0.796. The zero-order valence-corrected chi connectivity index (χ0v) is 13.1. The van der Waals surface area contributed by atoms with Crippen LogP contribution in [0.3, 0.4) is 0 Å². The van der Waals surface area contributed by atoms with Crippen molar-refractivity contribution in [2.24, 2.45) is 0 Å². The lowest BCUT2D eigenvalue weighted by Gasteiger charge is -2.31. The van der Waals surface area contributed by atoms with Crippen LogP contribution in [0.15, 0.2) is 36.5 Å². The van der Waals surface area contributed by atoms with E-state index in [1.165, 1.54) is 0 Å². The van der Waals surface area contributed by atoms with E-state index < -0.39 is 5.72 Å². The Morgan fingerprint density at radius 2 is 2.12 bits per heavy atom. The molecule has 2 aromatic rings. The minimum Gasteiger partial charge on any atom is -0.351 e. The predicted molar refractivity (Wildman–Crippen MR) is 86.2 cm³/mol. The number of ether oxygens (including phenoxy) is 1. The van der Waals surface area contributed by atoms with Crippen LogP contribution in [0.4, 0.5) is 0 Å². The lowest BCUT2D eigenvalue weighted by atomic mass is 10.0. The average Bonchev–Trinajstić information content (AvgIpc) is 3.25. The number of amides is 2. The van der Waals surface area contributed by atoms with Crippen LogP contribution >= 0.6 is 0 Å². The van der Waals surface area contributed by atoms with E-state index >= 15 is 0 Å². The molecule has 122 valence electrons. The van der Waals surface area contributed by atoms with Gasteiger partial charge in [-0.15, -0.1) is 0 Å². The lowest BCUT2D eigenvalue weighted by Crippen LogP contribution is -2.48. The summed E-state index contributed by atoms with van der Waals surface area (Å²) in [4.78, 5) is 33.5. The molecule has 3 fully saturated rings. The van der Waals surface area contributed by atoms with E-state index in [0.29, 0.717) is 38.1 Å². The predicted octanol–water partition coefficient (Wildman–Crippen LogP) is 1.41. The number of aromatic nitrogens is 1. The van der Waals surface area contributed by atoms with Gasteiger partial charge in [0, 0.05) is 31.1 Å². The summed E-state index contributed by atoms with van der Waals surface area (Å²) in [5.41, 5.74) is 0.857. The molecule has 0 bridgehead atoms. The summed E-state index contributed by atoms with van der Waals surface area (Å²) in [6.07, 6.45) is 2.71. The highest BCUT2D eigenvalue weighted by Crippen LogP contribution is 2.46. The van der Waals surface area contributed by atoms with E-state index in [1.807, 2.05) is 34.1 Å². The summed E-state index contributed by atoms with van der Waals surface area (Å²) in [7, 11) is 0. The molecule has 1 spiro atoms. The first-order valence-electron chi connectivity index (χ1n) is 8.30. The fourth-order valence-corrected chi connectivity index (χ4v) is 4.47. The first-order chi connectivity index (χ1) is 11.7. The van der Waals surface area contributed by atoms with Crippen molar-refractivity contribution in [3.05, 3.63) is 42.1 Å². The van der Waals surface area contributed by atoms with Gasteiger partial charge < -0.3 is 14.5 Å². The van der Waals surface area contributed by atoms with Crippen molar-refractivity contribution in [3.8, 4) is 0 Å². The van der Waals surface area contributed by atoms with Crippen molar-refractivity contribution in [2.45, 2.75) is 24.6 Å². The van der Waals surface area contributed by atoms with Crippen molar-refractivity contribution < 1.29 is 14.3 Å². The molecule has 1 aromatic heterocycles. The van der Waals surface area contributed by atoms with E-state index in [0.717, 1.165) is 10.9 Å². The van der Waals surface area contributed by atoms with Crippen LogP contribution in [0.2, 0.25) is 0 Å². The van der Waals surface area contributed by atoms with Gasteiger partial charge in [-0.1, -0.05) is 18.2 Å². The lowest BCUT2D eigenvalue weighted by molar-refractivity contribution is -0.136. The molecule has 0 aliphatic carbocycles. The topological polar surface area (TPSA) is 62.7 Å². The largest absolute Gasteiger partial charge is 0.351 e. The van der Waals surface area contributed by atoms with Gasteiger partial charge in [-0.05, 0) is 12.1 Å². The van der Waals surface area contributed by atoms with Gasteiger partial charge >= 0.3 is 0 Å². The van der Waals surface area contributed by atoms with Crippen LogP contribution in [-0.2, 0) is 9.53 Å². The second kappa shape index (κ2) is 4.77. The number of benzene rings is 1. The van der Waals surface area contributed by atoms with Crippen LogP contribution in [-0.4, -0.2) is 58.1 Å². The first kappa shape index (κ1) is 13.9.